The second-order valence-electron chi connectivity index (χ2n) is 4.96. The number of nitrogens with one attached hydrogen (secondary N) is 1. The molecule has 0 saturated carbocycles. The lowest BCUT2D eigenvalue weighted by atomic mass is 10.0. The van der Waals surface area contributed by atoms with E-state index in [1.807, 2.05) is 12.1 Å². The Hall–Kier alpha value is -0.580. The molecule has 1 aliphatic rings. The summed E-state index contributed by atoms with van der Waals surface area (Å²) in [5.74, 6) is 0.927. The molecule has 2 rings (SSSR count). The Morgan fingerprint density at radius 3 is 3.06 bits per heavy atom. The lowest BCUT2D eigenvalue weighted by molar-refractivity contribution is 0.384. The Bertz CT molecular complexity index is 395. The van der Waals surface area contributed by atoms with Gasteiger partial charge in [0.15, 0.2) is 0 Å². The molecule has 1 unspecified atom stereocenters. The molecule has 1 atom stereocenters. The fourth-order valence-electron chi connectivity index (χ4n) is 2.27. The fraction of sp³-hybridized carbons (Fsp3) is 0.571. The first-order valence-electron chi connectivity index (χ1n) is 6.48. The molecule has 0 fully saturated rings. The predicted molar refractivity (Wildman–Crippen MR) is 75.7 cm³/mol. The third-order valence-corrected chi connectivity index (χ3v) is 4.36. The number of halogens is 1. The van der Waals surface area contributed by atoms with E-state index >= 15 is 0 Å². The first-order chi connectivity index (χ1) is 8.68. The maximum Gasteiger partial charge on any atom is 0.137 e. The van der Waals surface area contributed by atoms with Crippen molar-refractivity contribution in [3.8, 4) is 0 Å². The van der Waals surface area contributed by atoms with E-state index in [1.54, 1.807) is 17.8 Å². The van der Waals surface area contributed by atoms with E-state index in [0.29, 0.717) is 6.04 Å². The Morgan fingerprint density at radius 2 is 2.28 bits per heavy atom. The van der Waals surface area contributed by atoms with Gasteiger partial charge in [-0.15, -0.1) is 11.8 Å². The molecule has 1 aliphatic heterocycles. The van der Waals surface area contributed by atoms with E-state index in [0.717, 1.165) is 42.1 Å². The molecule has 100 valence electrons. The van der Waals surface area contributed by atoms with Gasteiger partial charge < -0.3 is 10.2 Å². The molecule has 1 aromatic rings. The minimum atomic E-state index is -0.0720. The van der Waals surface area contributed by atoms with Gasteiger partial charge in [-0.3, -0.25) is 0 Å². The van der Waals surface area contributed by atoms with Crippen molar-refractivity contribution in [2.45, 2.75) is 23.8 Å². The average Bonchev–Trinajstić information content (AvgIpc) is 2.35. The SMILES string of the molecule is CN(C)CCCNC1CCSc2c(F)cccc21. The highest BCUT2D eigenvalue weighted by Gasteiger charge is 2.22. The van der Waals surface area contributed by atoms with Crippen LogP contribution in [0.2, 0.25) is 0 Å². The van der Waals surface area contributed by atoms with Gasteiger partial charge in [0, 0.05) is 10.9 Å². The highest BCUT2D eigenvalue weighted by molar-refractivity contribution is 7.99. The number of thioether (sulfide) groups is 1. The predicted octanol–water partition coefficient (Wildman–Crippen LogP) is 2.90. The summed E-state index contributed by atoms with van der Waals surface area (Å²) in [7, 11) is 4.17. The first kappa shape index (κ1) is 13.8. The van der Waals surface area contributed by atoms with Gasteiger partial charge in [-0.25, -0.2) is 4.39 Å². The molecular formula is C14H21FN2S. The van der Waals surface area contributed by atoms with Crippen molar-refractivity contribution in [1.82, 2.24) is 10.2 Å². The third-order valence-electron chi connectivity index (χ3n) is 3.20. The largest absolute Gasteiger partial charge is 0.310 e. The second kappa shape index (κ2) is 6.55. The van der Waals surface area contributed by atoms with Crippen LogP contribution in [-0.4, -0.2) is 37.8 Å². The van der Waals surface area contributed by atoms with Crippen LogP contribution in [0, 0.1) is 5.82 Å². The van der Waals surface area contributed by atoms with E-state index in [1.165, 1.54) is 0 Å². The molecule has 0 radical (unpaired) electrons. The molecule has 0 saturated heterocycles. The number of rotatable bonds is 5. The van der Waals surface area contributed by atoms with Gasteiger partial charge in [-0.05, 0) is 57.4 Å². The highest BCUT2D eigenvalue weighted by atomic mass is 32.2. The smallest absolute Gasteiger partial charge is 0.137 e. The van der Waals surface area contributed by atoms with E-state index in [9.17, 15) is 4.39 Å². The van der Waals surface area contributed by atoms with Crippen molar-refractivity contribution in [2.24, 2.45) is 0 Å². The molecule has 4 heteroatoms. The lowest BCUT2D eigenvalue weighted by Gasteiger charge is -2.26. The van der Waals surface area contributed by atoms with E-state index in [-0.39, 0.29) is 5.82 Å². The van der Waals surface area contributed by atoms with Gasteiger partial charge in [0.1, 0.15) is 5.82 Å². The Labute approximate surface area is 113 Å². The summed E-state index contributed by atoms with van der Waals surface area (Å²) in [5.41, 5.74) is 1.14. The van der Waals surface area contributed by atoms with Crippen LogP contribution in [-0.2, 0) is 0 Å². The molecule has 0 bridgehead atoms. The van der Waals surface area contributed by atoms with E-state index < -0.39 is 0 Å². The summed E-state index contributed by atoms with van der Waals surface area (Å²) in [6.45, 7) is 2.08. The molecule has 1 heterocycles. The molecule has 0 aromatic heterocycles. The van der Waals surface area contributed by atoms with Crippen LogP contribution in [0.1, 0.15) is 24.4 Å². The van der Waals surface area contributed by atoms with Crippen LogP contribution in [0.15, 0.2) is 23.1 Å². The number of benzene rings is 1. The van der Waals surface area contributed by atoms with Gasteiger partial charge in [0.25, 0.3) is 0 Å². The zero-order chi connectivity index (χ0) is 13.0. The molecule has 0 amide bonds. The number of nitrogens with zero attached hydrogens (tertiary/aromatic N) is 1. The van der Waals surface area contributed by atoms with Crippen molar-refractivity contribution in [3.05, 3.63) is 29.6 Å². The van der Waals surface area contributed by atoms with Crippen molar-refractivity contribution in [3.63, 3.8) is 0 Å². The fourth-order valence-corrected chi connectivity index (χ4v) is 3.41. The van der Waals surface area contributed by atoms with Crippen LogP contribution in [0.25, 0.3) is 0 Å². The van der Waals surface area contributed by atoms with E-state index in [2.05, 4.69) is 24.3 Å². The molecule has 0 spiro atoms. The highest BCUT2D eigenvalue weighted by Crippen LogP contribution is 2.37. The molecule has 2 nitrogen and oxygen atoms in total. The third kappa shape index (κ3) is 3.46. The lowest BCUT2D eigenvalue weighted by Crippen LogP contribution is -2.27. The standard InChI is InChI=1S/C14H21FN2S/c1-17(2)9-4-8-16-13-7-10-18-14-11(13)5-3-6-12(14)15/h3,5-6,13,16H,4,7-10H2,1-2H3. The van der Waals surface area contributed by atoms with Crippen molar-refractivity contribution in [2.75, 3.05) is 32.9 Å². The van der Waals surface area contributed by atoms with Gasteiger partial charge in [-0.1, -0.05) is 12.1 Å². The number of hydrogen-bond donors (Lipinski definition) is 1. The molecule has 0 aliphatic carbocycles. The number of fused-ring (bicyclic) bond motifs is 1. The van der Waals surface area contributed by atoms with Gasteiger partial charge >= 0.3 is 0 Å². The van der Waals surface area contributed by atoms with Crippen LogP contribution in [0.3, 0.4) is 0 Å². The number of hydrogen-bond acceptors (Lipinski definition) is 3. The summed E-state index contributed by atoms with van der Waals surface area (Å²) in [5, 5.41) is 3.55. The molecule has 18 heavy (non-hydrogen) atoms. The zero-order valence-electron chi connectivity index (χ0n) is 11.1. The minimum absolute atomic E-state index is 0.0720. The molecule has 1 aromatic carbocycles. The summed E-state index contributed by atoms with van der Waals surface area (Å²) in [6.07, 6.45) is 2.21. The van der Waals surface area contributed by atoms with Crippen LogP contribution >= 0.6 is 11.8 Å². The topological polar surface area (TPSA) is 15.3 Å². The zero-order valence-corrected chi connectivity index (χ0v) is 11.9. The second-order valence-corrected chi connectivity index (χ2v) is 6.06. The van der Waals surface area contributed by atoms with Gasteiger partial charge in [0.05, 0.1) is 0 Å². The maximum atomic E-state index is 13.7. The monoisotopic (exact) mass is 268 g/mol. The summed E-state index contributed by atoms with van der Waals surface area (Å²) in [4.78, 5) is 3.03. The van der Waals surface area contributed by atoms with Crippen molar-refractivity contribution < 1.29 is 4.39 Å². The van der Waals surface area contributed by atoms with Gasteiger partial charge in [-0.2, -0.15) is 0 Å². The van der Waals surface area contributed by atoms with E-state index in [4.69, 9.17) is 0 Å². The van der Waals surface area contributed by atoms with Crippen LogP contribution in [0.5, 0.6) is 0 Å². The summed E-state index contributed by atoms with van der Waals surface area (Å²) >= 11 is 1.64. The van der Waals surface area contributed by atoms with Crippen molar-refractivity contribution >= 4 is 11.8 Å². The van der Waals surface area contributed by atoms with Crippen LogP contribution in [0.4, 0.5) is 4.39 Å². The molecular weight excluding hydrogens is 247 g/mol. The molecule has 1 N–H and O–H groups in total. The normalized spacial score (nSPS) is 19.0. The maximum absolute atomic E-state index is 13.7. The Morgan fingerprint density at radius 1 is 1.44 bits per heavy atom. The van der Waals surface area contributed by atoms with Crippen molar-refractivity contribution in [1.29, 1.82) is 0 Å². The first-order valence-corrected chi connectivity index (χ1v) is 7.46. The van der Waals surface area contributed by atoms with Crippen LogP contribution < -0.4 is 5.32 Å². The quantitative estimate of drug-likeness (QED) is 0.827. The summed E-state index contributed by atoms with van der Waals surface area (Å²) < 4.78 is 13.7. The Balaban J connectivity index is 1.94. The summed E-state index contributed by atoms with van der Waals surface area (Å²) in [6, 6.07) is 5.74. The Kier molecular flexibility index (Phi) is 5.03. The van der Waals surface area contributed by atoms with Gasteiger partial charge in [0.2, 0.25) is 0 Å². The average molecular weight is 268 g/mol. The minimum Gasteiger partial charge on any atom is -0.310 e.